The largest absolute Gasteiger partial charge is 0.382 e. The number of nitrogens with zero attached hydrogens (tertiary/aromatic N) is 4. The smallest absolute Gasteiger partial charge is 0.353 e. The van der Waals surface area contributed by atoms with Crippen molar-refractivity contribution in [3.05, 3.63) is 6.33 Å². The lowest BCUT2D eigenvalue weighted by Gasteiger charge is -2.19. The van der Waals surface area contributed by atoms with E-state index < -0.39 is 20.0 Å². The lowest BCUT2D eigenvalue weighted by molar-refractivity contribution is 0.00337. The van der Waals surface area contributed by atoms with E-state index in [1.54, 1.807) is 4.57 Å². The zero-order valence-electron chi connectivity index (χ0n) is 12.7. The van der Waals surface area contributed by atoms with Gasteiger partial charge in [-0.1, -0.05) is 0 Å². The van der Waals surface area contributed by atoms with Gasteiger partial charge in [0.2, 0.25) is 5.95 Å². The number of anilines is 2. The Morgan fingerprint density at radius 2 is 2.13 bits per heavy atom. The molecule has 11 nitrogen and oxygen atoms in total. The lowest BCUT2D eigenvalue weighted by Crippen LogP contribution is -2.25. The summed E-state index contributed by atoms with van der Waals surface area (Å²) in [5, 5.41) is 0. The van der Waals surface area contributed by atoms with Crippen LogP contribution in [0.5, 0.6) is 0 Å². The van der Waals surface area contributed by atoms with E-state index in [0.717, 1.165) is 7.11 Å². The number of rotatable bonds is 8. The molecule has 0 aliphatic rings. The SMILES string of the molecule is COCC(Cn1cnc2c(N)nc(N)nc21)OCP(=O)(O)OC. The maximum atomic E-state index is 11.5. The average Bonchev–Trinajstić information content (AvgIpc) is 2.88. The summed E-state index contributed by atoms with van der Waals surface area (Å²) in [6, 6.07) is 0. The Morgan fingerprint density at radius 1 is 1.39 bits per heavy atom. The van der Waals surface area contributed by atoms with Crippen LogP contribution in [0.25, 0.3) is 11.2 Å². The molecule has 0 radical (unpaired) electrons. The Kier molecular flexibility index (Phi) is 5.50. The number of hydrogen-bond donors (Lipinski definition) is 3. The van der Waals surface area contributed by atoms with Crippen LogP contribution in [-0.4, -0.2) is 57.7 Å². The van der Waals surface area contributed by atoms with E-state index in [0.29, 0.717) is 11.2 Å². The molecule has 23 heavy (non-hydrogen) atoms. The van der Waals surface area contributed by atoms with E-state index in [1.807, 2.05) is 0 Å². The van der Waals surface area contributed by atoms with Crippen molar-refractivity contribution in [2.75, 3.05) is 38.6 Å². The van der Waals surface area contributed by atoms with Gasteiger partial charge in [0.1, 0.15) is 11.9 Å². The average molecular weight is 346 g/mol. The van der Waals surface area contributed by atoms with Gasteiger partial charge in [0.15, 0.2) is 11.5 Å². The van der Waals surface area contributed by atoms with Crippen LogP contribution in [0.1, 0.15) is 0 Å². The molecule has 2 atom stereocenters. The van der Waals surface area contributed by atoms with E-state index in [1.165, 1.54) is 13.4 Å². The highest BCUT2D eigenvalue weighted by Crippen LogP contribution is 2.40. The summed E-state index contributed by atoms with van der Waals surface area (Å²) in [6.45, 7) is 0.462. The Bertz CT molecular complexity index is 722. The summed E-state index contributed by atoms with van der Waals surface area (Å²) < 4.78 is 28.1. The van der Waals surface area contributed by atoms with Gasteiger partial charge in [0, 0.05) is 14.2 Å². The van der Waals surface area contributed by atoms with Crippen molar-refractivity contribution >= 4 is 30.5 Å². The maximum absolute atomic E-state index is 11.5. The summed E-state index contributed by atoms with van der Waals surface area (Å²) in [5.74, 6) is 0.204. The van der Waals surface area contributed by atoms with Gasteiger partial charge in [-0.15, -0.1) is 0 Å². The van der Waals surface area contributed by atoms with Gasteiger partial charge in [-0.25, -0.2) is 4.98 Å². The first-order chi connectivity index (χ1) is 10.9. The van der Waals surface area contributed by atoms with Crippen molar-refractivity contribution in [3.8, 4) is 0 Å². The van der Waals surface area contributed by atoms with Crippen LogP contribution in [0.3, 0.4) is 0 Å². The monoisotopic (exact) mass is 346 g/mol. The number of aromatic nitrogens is 4. The van der Waals surface area contributed by atoms with Crippen molar-refractivity contribution in [3.63, 3.8) is 0 Å². The van der Waals surface area contributed by atoms with Crippen LogP contribution in [0.15, 0.2) is 6.33 Å². The zero-order valence-corrected chi connectivity index (χ0v) is 13.6. The topological polar surface area (TPSA) is 161 Å². The van der Waals surface area contributed by atoms with Crippen LogP contribution >= 0.6 is 7.60 Å². The third kappa shape index (κ3) is 4.36. The standard InChI is InChI=1S/C11H19N6O5P/c1-20-4-7(22-6-23(18,19)21-2)3-17-5-14-8-9(12)15-11(13)16-10(8)17/h5,7H,3-4,6H2,1-2H3,(H,18,19)(H4,12,13,15,16). The highest BCUT2D eigenvalue weighted by molar-refractivity contribution is 7.52. The molecule has 0 bridgehead atoms. The van der Waals surface area contributed by atoms with E-state index in [-0.39, 0.29) is 24.9 Å². The Morgan fingerprint density at radius 3 is 2.78 bits per heavy atom. The van der Waals surface area contributed by atoms with Gasteiger partial charge in [-0.05, 0) is 0 Å². The molecule has 0 aliphatic heterocycles. The van der Waals surface area contributed by atoms with Crippen LogP contribution < -0.4 is 11.5 Å². The summed E-state index contributed by atoms with van der Waals surface area (Å²) >= 11 is 0. The zero-order chi connectivity index (χ0) is 17.0. The third-order valence-electron chi connectivity index (χ3n) is 3.02. The Labute approximate surface area is 132 Å². The number of nitrogens with two attached hydrogens (primary N) is 2. The third-order valence-corrected chi connectivity index (χ3v) is 4.07. The van der Waals surface area contributed by atoms with Crippen LogP contribution in [0, 0.1) is 0 Å². The predicted octanol–water partition coefficient (Wildman–Crippen LogP) is -0.188. The predicted molar refractivity (Wildman–Crippen MR) is 82.6 cm³/mol. The summed E-state index contributed by atoms with van der Waals surface area (Å²) in [6.07, 6.45) is 0.532. The van der Waals surface area contributed by atoms with Crippen molar-refractivity contribution in [2.24, 2.45) is 0 Å². The normalized spacial score (nSPS) is 15.6. The molecule has 2 rings (SSSR count). The number of imidazole rings is 1. The Balaban J connectivity index is 2.18. The number of nitrogen functional groups attached to an aromatic ring is 2. The van der Waals surface area contributed by atoms with Gasteiger partial charge in [-0.2, -0.15) is 9.97 Å². The van der Waals surface area contributed by atoms with E-state index in [9.17, 15) is 9.46 Å². The molecule has 0 aliphatic carbocycles. The molecule has 12 heteroatoms. The number of fused-ring (bicyclic) bond motifs is 1. The molecule has 0 spiro atoms. The number of ether oxygens (including phenoxy) is 2. The first-order valence-corrected chi connectivity index (χ1v) is 8.34. The minimum absolute atomic E-state index is 0.0280. The van der Waals surface area contributed by atoms with Crippen molar-refractivity contribution in [1.29, 1.82) is 0 Å². The molecular weight excluding hydrogens is 327 g/mol. The highest BCUT2D eigenvalue weighted by Gasteiger charge is 2.22. The van der Waals surface area contributed by atoms with Crippen LogP contribution in [-0.2, 0) is 25.1 Å². The second kappa shape index (κ2) is 7.20. The minimum Gasteiger partial charge on any atom is -0.382 e. The molecule has 2 aromatic rings. The fourth-order valence-corrected chi connectivity index (χ4v) is 2.43. The van der Waals surface area contributed by atoms with E-state index in [4.69, 9.17) is 20.9 Å². The fraction of sp³-hybridized carbons (Fsp3) is 0.545. The van der Waals surface area contributed by atoms with Gasteiger partial charge in [0.05, 0.1) is 25.6 Å². The lowest BCUT2D eigenvalue weighted by atomic mass is 10.3. The quantitative estimate of drug-likeness (QED) is 0.546. The van der Waals surface area contributed by atoms with Gasteiger partial charge in [0.25, 0.3) is 0 Å². The van der Waals surface area contributed by atoms with Crippen LogP contribution in [0.2, 0.25) is 0 Å². The molecule has 0 aromatic carbocycles. The maximum Gasteiger partial charge on any atom is 0.353 e. The second-order valence-electron chi connectivity index (χ2n) is 4.73. The molecule has 0 saturated carbocycles. The molecule has 2 unspecified atom stereocenters. The molecule has 0 fully saturated rings. The molecular formula is C11H19N6O5P. The molecule has 2 aromatic heterocycles. The van der Waals surface area contributed by atoms with E-state index >= 15 is 0 Å². The fourth-order valence-electron chi connectivity index (χ4n) is 1.93. The molecule has 0 saturated heterocycles. The number of methoxy groups -OCH3 is 1. The van der Waals surface area contributed by atoms with Crippen molar-refractivity contribution in [2.45, 2.75) is 12.6 Å². The number of hydrogen-bond acceptors (Lipinski definition) is 9. The van der Waals surface area contributed by atoms with Gasteiger partial charge < -0.3 is 34.9 Å². The molecule has 5 N–H and O–H groups in total. The summed E-state index contributed by atoms with van der Waals surface area (Å²) in [7, 11) is -1.14. The summed E-state index contributed by atoms with van der Waals surface area (Å²) in [5.41, 5.74) is 12.2. The van der Waals surface area contributed by atoms with Gasteiger partial charge in [-0.3, -0.25) is 4.57 Å². The first-order valence-electron chi connectivity index (χ1n) is 6.58. The van der Waals surface area contributed by atoms with Gasteiger partial charge >= 0.3 is 7.60 Å². The summed E-state index contributed by atoms with van der Waals surface area (Å²) in [4.78, 5) is 21.5. The van der Waals surface area contributed by atoms with Crippen LogP contribution in [0.4, 0.5) is 11.8 Å². The van der Waals surface area contributed by atoms with Crippen molar-refractivity contribution in [1.82, 2.24) is 19.5 Å². The molecule has 128 valence electrons. The minimum atomic E-state index is -3.77. The first kappa shape index (κ1) is 17.6. The van der Waals surface area contributed by atoms with Crippen molar-refractivity contribution < 1.29 is 23.5 Å². The second-order valence-corrected chi connectivity index (χ2v) is 6.63. The molecule has 2 heterocycles. The Hall–Kier alpha value is -1.78. The molecule has 0 amide bonds. The highest BCUT2D eigenvalue weighted by atomic mass is 31.2. The van der Waals surface area contributed by atoms with E-state index in [2.05, 4.69) is 19.5 Å².